The Morgan fingerprint density at radius 2 is 2.11 bits per heavy atom. The van der Waals surface area contributed by atoms with Crippen LogP contribution in [0, 0.1) is 18.7 Å². The van der Waals surface area contributed by atoms with E-state index in [9.17, 15) is 4.39 Å². The summed E-state index contributed by atoms with van der Waals surface area (Å²) in [5.74, 6) is 0.882. The van der Waals surface area contributed by atoms with Gasteiger partial charge in [0.25, 0.3) is 0 Å². The zero-order valence-electron chi connectivity index (χ0n) is 10.8. The van der Waals surface area contributed by atoms with Gasteiger partial charge in [-0.25, -0.2) is 4.39 Å². The molecule has 0 aliphatic carbocycles. The maximum absolute atomic E-state index is 13.9. The second kappa shape index (κ2) is 4.80. The quantitative estimate of drug-likeness (QED) is 0.903. The van der Waals surface area contributed by atoms with Crippen molar-refractivity contribution in [1.82, 2.24) is 5.16 Å². The van der Waals surface area contributed by atoms with E-state index in [-0.39, 0.29) is 5.82 Å². The molecule has 0 saturated carbocycles. The monoisotopic (exact) mass is 248 g/mol. The molecule has 0 amide bonds. The fourth-order valence-corrected chi connectivity index (χ4v) is 1.94. The third-order valence-electron chi connectivity index (χ3n) is 2.80. The number of benzene rings is 1. The molecule has 1 aromatic carbocycles. The van der Waals surface area contributed by atoms with Crippen LogP contribution < -0.4 is 5.73 Å². The number of aryl methyl sites for hydroxylation is 1. The van der Waals surface area contributed by atoms with Crippen molar-refractivity contribution in [2.75, 3.05) is 5.73 Å². The molecular weight excluding hydrogens is 231 g/mol. The van der Waals surface area contributed by atoms with Gasteiger partial charge in [-0.1, -0.05) is 25.1 Å². The molecule has 2 aromatic rings. The van der Waals surface area contributed by atoms with Crippen molar-refractivity contribution in [2.24, 2.45) is 5.92 Å². The predicted octanol–water partition coefficient (Wildman–Crippen LogP) is 3.57. The molecule has 0 bridgehead atoms. The van der Waals surface area contributed by atoms with Crippen molar-refractivity contribution in [1.29, 1.82) is 0 Å². The lowest BCUT2D eigenvalue weighted by atomic mass is 9.99. The smallest absolute Gasteiger partial charge is 0.175 e. The highest BCUT2D eigenvalue weighted by Gasteiger charge is 2.19. The van der Waals surface area contributed by atoms with Crippen LogP contribution in [0.1, 0.15) is 25.0 Å². The van der Waals surface area contributed by atoms with Crippen LogP contribution in [-0.2, 0) is 6.42 Å². The molecule has 4 heteroatoms. The van der Waals surface area contributed by atoms with E-state index in [4.69, 9.17) is 10.3 Å². The van der Waals surface area contributed by atoms with E-state index in [2.05, 4.69) is 19.0 Å². The molecule has 0 fully saturated rings. The Morgan fingerprint density at radius 1 is 1.39 bits per heavy atom. The summed E-state index contributed by atoms with van der Waals surface area (Å²) in [5, 5.41) is 3.75. The Morgan fingerprint density at radius 3 is 2.72 bits per heavy atom. The first-order valence-corrected chi connectivity index (χ1v) is 5.99. The van der Waals surface area contributed by atoms with Gasteiger partial charge in [-0.05, 0) is 37.0 Å². The lowest BCUT2D eigenvalue weighted by Gasteiger charge is -2.06. The largest absolute Gasteiger partial charge is 0.381 e. The van der Waals surface area contributed by atoms with Crippen molar-refractivity contribution in [2.45, 2.75) is 27.2 Å². The van der Waals surface area contributed by atoms with Crippen molar-refractivity contribution >= 4 is 5.82 Å². The van der Waals surface area contributed by atoms with Gasteiger partial charge in [0.15, 0.2) is 11.6 Å². The molecule has 18 heavy (non-hydrogen) atoms. The van der Waals surface area contributed by atoms with Crippen LogP contribution in [0.2, 0.25) is 0 Å². The number of nitrogens with two attached hydrogens (primary N) is 1. The first-order valence-electron chi connectivity index (χ1n) is 5.99. The molecule has 2 rings (SSSR count). The van der Waals surface area contributed by atoms with Gasteiger partial charge in [0.1, 0.15) is 5.82 Å². The van der Waals surface area contributed by atoms with Crippen molar-refractivity contribution in [3.8, 4) is 11.3 Å². The minimum atomic E-state index is -0.309. The lowest BCUT2D eigenvalue weighted by molar-refractivity contribution is 0.432. The third kappa shape index (κ3) is 2.37. The first kappa shape index (κ1) is 12.6. The van der Waals surface area contributed by atoms with Crippen molar-refractivity contribution < 1.29 is 8.91 Å². The van der Waals surface area contributed by atoms with E-state index >= 15 is 0 Å². The average molecular weight is 248 g/mol. The molecule has 0 aliphatic rings. The Labute approximate surface area is 106 Å². The van der Waals surface area contributed by atoms with Gasteiger partial charge >= 0.3 is 0 Å². The topological polar surface area (TPSA) is 52.0 Å². The Hall–Kier alpha value is -1.84. The number of aromatic nitrogens is 1. The van der Waals surface area contributed by atoms with Crippen molar-refractivity contribution in [3.05, 3.63) is 35.1 Å². The Kier molecular flexibility index (Phi) is 3.36. The third-order valence-corrected chi connectivity index (χ3v) is 2.80. The highest BCUT2D eigenvalue weighted by molar-refractivity contribution is 5.67. The number of nitrogen functional groups attached to an aromatic ring is 1. The summed E-state index contributed by atoms with van der Waals surface area (Å²) in [6, 6.07) is 5.03. The predicted molar refractivity (Wildman–Crippen MR) is 69.6 cm³/mol. The molecule has 3 nitrogen and oxygen atoms in total. The molecule has 0 aliphatic heterocycles. The molecule has 1 heterocycles. The normalized spacial score (nSPS) is 11.2. The number of nitrogens with zero attached hydrogens (tertiary/aromatic N) is 1. The van der Waals surface area contributed by atoms with Gasteiger partial charge in [-0.3, -0.25) is 0 Å². The summed E-state index contributed by atoms with van der Waals surface area (Å²) < 4.78 is 19.1. The fraction of sp³-hybridized carbons (Fsp3) is 0.357. The van der Waals surface area contributed by atoms with Crippen LogP contribution in [0.4, 0.5) is 10.2 Å². The number of halogens is 1. The van der Waals surface area contributed by atoms with Crippen LogP contribution in [0.3, 0.4) is 0 Å². The Bertz CT molecular complexity index is 561. The molecular formula is C14H17FN2O. The zero-order chi connectivity index (χ0) is 13.3. The summed E-state index contributed by atoms with van der Waals surface area (Å²) >= 11 is 0. The van der Waals surface area contributed by atoms with E-state index in [1.807, 2.05) is 13.0 Å². The molecule has 0 radical (unpaired) electrons. The lowest BCUT2D eigenvalue weighted by Crippen LogP contribution is -1.99. The summed E-state index contributed by atoms with van der Waals surface area (Å²) in [6.45, 7) is 5.99. The molecule has 0 saturated heterocycles. The van der Waals surface area contributed by atoms with Crippen LogP contribution in [0.15, 0.2) is 22.7 Å². The minimum absolute atomic E-state index is 0.309. The van der Waals surface area contributed by atoms with Crippen LogP contribution in [0.5, 0.6) is 0 Å². The standard InChI is InChI=1S/C14H17FN2O/c1-8(2)6-11-13(18-17-14(11)16)10-5-4-9(3)7-12(10)15/h4-5,7-8H,6H2,1-3H3,(H2,16,17). The van der Waals surface area contributed by atoms with E-state index < -0.39 is 0 Å². The second-order valence-electron chi connectivity index (χ2n) is 4.96. The summed E-state index contributed by atoms with van der Waals surface area (Å²) in [5.41, 5.74) is 7.85. The molecule has 0 atom stereocenters. The number of hydrogen-bond acceptors (Lipinski definition) is 3. The van der Waals surface area contributed by atoms with Gasteiger partial charge in [0, 0.05) is 5.56 Å². The fourth-order valence-electron chi connectivity index (χ4n) is 1.94. The second-order valence-corrected chi connectivity index (χ2v) is 4.96. The maximum atomic E-state index is 13.9. The van der Waals surface area contributed by atoms with Crippen LogP contribution in [0.25, 0.3) is 11.3 Å². The van der Waals surface area contributed by atoms with Gasteiger partial charge in [0.05, 0.1) is 5.56 Å². The first-order chi connectivity index (χ1) is 8.49. The zero-order valence-corrected chi connectivity index (χ0v) is 10.8. The molecule has 1 aromatic heterocycles. The number of anilines is 1. The summed E-state index contributed by atoms with van der Waals surface area (Å²) in [7, 11) is 0. The molecule has 0 unspecified atom stereocenters. The van der Waals surface area contributed by atoms with E-state index in [0.29, 0.717) is 23.1 Å². The highest BCUT2D eigenvalue weighted by atomic mass is 19.1. The van der Waals surface area contributed by atoms with Gasteiger partial charge in [-0.2, -0.15) is 0 Å². The molecule has 96 valence electrons. The molecule has 0 spiro atoms. The van der Waals surface area contributed by atoms with Gasteiger partial charge in [-0.15, -0.1) is 0 Å². The summed E-state index contributed by atoms with van der Waals surface area (Å²) in [6.07, 6.45) is 0.720. The van der Waals surface area contributed by atoms with E-state index in [1.165, 1.54) is 6.07 Å². The van der Waals surface area contributed by atoms with E-state index in [0.717, 1.165) is 17.5 Å². The summed E-state index contributed by atoms with van der Waals surface area (Å²) in [4.78, 5) is 0. The van der Waals surface area contributed by atoms with Gasteiger partial charge < -0.3 is 10.3 Å². The number of rotatable bonds is 3. The van der Waals surface area contributed by atoms with Gasteiger partial charge in [0.2, 0.25) is 0 Å². The average Bonchev–Trinajstić information content (AvgIpc) is 2.60. The van der Waals surface area contributed by atoms with Crippen LogP contribution >= 0.6 is 0 Å². The SMILES string of the molecule is Cc1ccc(-c2onc(N)c2CC(C)C)c(F)c1. The highest BCUT2D eigenvalue weighted by Crippen LogP contribution is 2.31. The maximum Gasteiger partial charge on any atom is 0.175 e. The van der Waals surface area contributed by atoms with E-state index in [1.54, 1.807) is 6.07 Å². The minimum Gasteiger partial charge on any atom is -0.381 e. The number of hydrogen-bond donors (Lipinski definition) is 1. The molecule has 2 N–H and O–H groups in total. The van der Waals surface area contributed by atoms with Crippen molar-refractivity contribution in [3.63, 3.8) is 0 Å². The van der Waals surface area contributed by atoms with Crippen LogP contribution in [-0.4, -0.2) is 5.16 Å². The Balaban J connectivity index is 2.50.